The molecule has 0 radical (unpaired) electrons. The first-order valence-electron chi connectivity index (χ1n) is 6.92. The number of hydrogen-bond acceptors (Lipinski definition) is 4. The van der Waals surface area contributed by atoms with E-state index < -0.39 is 5.82 Å². The van der Waals surface area contributed by atoms with Crippen LogP contribution < -0.4 is 19.5 Å². The Morgan fingerprint density at radius 1 is 1.04 bits per heavy atom. The molecule has 0 aromatic heterocycles. The number of rotatable bonds is 6. The number of carbonyl (C=O) groups excluding carboxylic acids is 1. The van der Waals surface area contributed by atoms with Gasteiger partial charge in [-0.2, -0.15) is 0 Å². The molecular formula is C17H18FNO4. The fourth-order valence-electron chi connectivity index (χ4n) is 2.17. The molecule has 0 aliphatic heterocycles. The van der Waals surface area contributed by atoms with Crippen LogP contribution in [0.3, 0.4) is 0 Å². The lowest BCUT2D eigenvalue weighted by Crippen LogP contribution is -2.15. The van der Waals surface area contributed by atoms with Crippen molar-refractivity contribution in [1.29, 1.82) is 0 Å². The van der Waals surface area contributed by atoms with Crippen molar-refractivity contribution in [2.75, 3.05) is 26.6 Å². The molecule has 23 heavy (non-hydrogen) atoms. The van der Waals surface area contributed by atoms with Gasteiger partial charge in [0.05, 0.1) is 27.8 Å². The molecular weight excluding hydrogens is 301 g/mol. The van der Waals surface area contributed by atoms with Crippen LogP contribution in [-0.2, 0) is 11.2 Å². The first-order valence-corrected chi connectivity index (χ1v) is 6.92. The maximum absolute atomic E-state index is 13.6. The zero-order chi connectivity index (χ0) is 16.8. The predicted molar refractivity (Wildman–Crippen MR) is 84.8 cm³/mol. The molecule has 6 heteroatoms. The molecule has 0 spiro atoms. The second kappa shape index (κ2) is 7.49. The van der Waals surface area contributed by atoms with Crippen LogP contribution in [0.2, 0.25) is 0 Å². The van der Waals surface area contributed by atoms with Gasteiger partial charge in [0, 0.05) is 17.8 Å². The quantitative estimate of drug-likeness (QED) is 0.889. The van der Waals surface area contributed by atoms with Crippen molar-refractivity contribution in [1.82, 2.24) is 0 Å². The Bertz CT molecular complexity index is 678. The minimum absolute atomic E-state index is 0.0661. The van der Waals surface area contributed by atoms with Gasteiger partial charge in [-0.05, 0) is 11.6 Å². The Labute approximate surface area is 134 Å². The first kappa shape index (κ1) is 16.6. The zero-order valence-electron chi connectivity index (χ0n) is 13.2. The summed E-state index contributed by atoms with van der Waals surface area (Å²) in [5.41, 5.74) is 0.804. The second-order valence-electron chi connectivity index (χ2n) is 4.73. The van der Waals surface area contributed by atoms with Crippen LogP contribution >= 0.6 is 0 Å². The van der Waals surface area contributed by atoms with Crippen molar-refractivity contribution in [3.63, 3.8) is 0 Å². The van der Waals surface area contributed by atoms with Crippen LogP contribution in [0, 0.1) is 5.82 Å². The molecule has 0 heterocycles. The van der Waals surface area contributed by atoms with Crippen molar-refractivity contribution < 1.29 is 23.4 Å². The number of methoxy groups -OCH3 is 3. The summed E-state index contributed by atoms with van der Waals surface area (Å²) in [5, 5.41) is 2.70. The van der Waals surface area contributed by atoms with Gasteiger partial charge in [-0.1, -0.05) is 18.2 Å². The second-order valence-corrected chi connectivity index (χ2v) is 4.73. The number of amides is 1. The van der Waals surface area contributed by atoms with E-state index in [4.69, 9.17) is 14.2 Å². The van der Waals surface area contributed by atoms with Crippen molar-refractivity contribution in [3.05, 3.63) is 47.8 Å². The summed E-state index contributed by atoms with van der Waals surface area (Å²) in [5.74, 6) is 0.528. The molecule has 5 nitrogen and oxygen atoms in total. The molecule has 2 rings (SSSR count). The van der Waals surface area contributed by atoms with Crippen LogP contribution in [0.4, 0.5) is 10.1 Å². The van der Waals surface area contributed by atoms with E-state index in [-0.39, 0.29) is 12.3 Å². The Kier molecular flexibility index (Phi) is 5.41. The Hall–Kier alpha value is -2.76. The lowest BCUT2D eigenvalue weighted by atomic mass is 10.1. The average molecular weight is 319 g/mol. The van der Waals surface area contributed by atoms with E-state index in [9.17, 15) is 9.18 Å². The van der Waals surface area contributed by atoms with Crippen LogP contribution in [0.25, 0.3) is 0 Å². The average Bonchev–Trinajstić information content (AvgIpc) is 2.55. The maximum Gasteiger partial charge on any atom is 0.228 e. The molecule has 2 aromatic carbocycles. The summed E-state index contributed by atoms with van der Waals surface area (Å²) in [4.78, 5) is 12.1. The normalized spacial score (nSPS) is 10.1. The van der Waals surface area contributed by atoms with Crippen molar-refractivity contribution >= 4 is 11.6 Å². The molecule has 0 bridgehead atoms. The van der Waals surface area contributed by atoms with Gasteiger partial charge in [-0.3, -0.25) is 4.79 Å². The van der Waals surface area contributed by atoms with Crippen molar-refractivity contribution in [2.45, 2.75) is 6.42 Å². The highest BCUT2D eigenvalue weighted by Crippen LogP contribution is 2.39. The number of anilines is 1. The lowest BCUT2D eigenvalue weighted by Gasteiger charge is -2.14. The highest BCUT2D eigenvalue weighted by Gasteiger charge is 2.15. The molecule has 0 atom stereocenters. The van der Waals surface area contributed by atoms with Crippen LogP contribution in [0.15, 0.2) is 36.4 Å². The maximum atomic E-state index is 13.6. The third-order valence-electron chi connectivity index (χ3n) is 3.26. The van der Waals surface area contributed by atoms with Gasteiger partial charge in [0.2, 0.25) is 11.7 Å². The summed E-state index contributed by atoms with van der Waals surface area (Å²) in [6, 6.07) is 9.38. The summed E-state index contributed by atoms with van der Waals surface area (Å²) < 4.78 is 29.2. The van der Waals surface area contributed by atoms with Crippen LogP contribution in [0.5, 0.6) is 17.2 Å². The van der Waals surface area contributed by atoms with E-state index in [0.29, 0.717) is 28.5 Å². The lowest BCUT2D eigenvalue weighted by molar-refractivity contribution is -0.115. The third kappa shape index (κ3) is 3.91. The smallest absolute Gasteiger partial charge is 0.228 e. The van der Waals surface area contributed by atoms with E-state index in [0.717, 1.165) is 0 Å². The number of nitrogens with one attached hydrogen (secondary N) is 1. The molecule has 0 saturated carbocycles. The third-order valence-corrected chi connectivity index (χ3v) is 3.26. The summed E-state index contributed by atoms with van der Waals surface area (Å²) >= 11 is 0. The largest absolute Gasteiger partial charge is 0.493 e. The van der Waals surface area contributed by atoms with Gasteiger partial charge >= 0.3 is 0 Å². The van der Waals surface area contributed by atoms with E-state index >= 15 is 0 Å². The van der Waals surface area contributed by atoms with Gasteiger partial charge in [0.25, 0.3) is 0 Å². The van der Waals surface area contributed by atoms with Gasteiger partial charge < -0.3 is 19.5 Å². The fourth-order valence-corrected chi connectivity index (χ4v) is 2.17. The number of benzene rings is 2. The van der Waals surface area contributed by atoms with E-state index in [1.165, 1.54) is 27.4 Å². The number of carbonyl (C=O) groups is 1. The van der Waals surface area contributed by atoms with Crippen LogP contribution in [-0.4, -0.2) is 27.2 Å². The van der Waals surface area contributed by atoms with Crippen molar-refractivity contribution in [2.24, 2.45) is 0 Å². The first-order chi connectivity index (χ1) is 11.1. The zero-order valence-corrected chi connectivity index (χ0v) is 13.2. The molecule has 1 N–H and O–H groups in total. The van der Waals surface area contributed by atoms with E-state index in [1.54, 1.807) is 30.3 Å². The Morgan fingerprint density at radius 2 is 1.65 bits per heavy atom. The van der Waals surface area contributed by atoms with Crippen LogP contribution in [0.1, 0.15) is 5.56 Å². The monoisotopic (exact) mass is 319 g/mol. The minimum atomic E-state index is -0.410. The molecule has 122 valence electrons. The van der Waals surface area contributed by atoms with E-state index in [2.05, 4.69) is 5.32 Å². The van der Waals surface area contributed by atoms with Gasteiger partial charge in [0.15, 0.2) is 11.5 Å². The molecule has 0 aliphatic carbocycles. The molecule has 0 saturated heterocycles. The van der Waals surface area contributed by atoms with E-state index in [1.807, 2.05) is 0 Å². The molecule has 0 aliphatic rings. The van der Waals surface area contributed by atoms with Gasteiger partial charge in [0.1, 0.15) is 5.82 Å². The fraction of sp³-hybridized carbons (Fsp3) is 0.235. The standard InChI is InChI=1S/C17H18FNO4/c1-21-14-9-12(10-15(22-2)17(14)23-3)19-16(20)8-11-6-4-5-7-13(11)18/h4-7,9-10H,8H2,1-3H3,(H,19,20). The SMILES string of the molecule is COc1cc(NC(=O)Cc2ccccc2F)cc(OC)c1OC. The highest BCUT2D eigenvalue weighted by atomic mass is 19.1. The minimum Gasteiger partial charge on any atom is -0.493 e. The number of hydrogen-bond donors (Lipinski definition) is 1. The van der Waals surface area contributed by atoms with Crippen molar-refractivity contribution in [3.8, 4) is 17.2 Å². The molecule has 1 amide bonds. The highest BCUT2D eigenvalue weighted by molar-refractivity contribution is 5.93. The summed E-state index contributed by atoms with van der Waals surface area (Å²) in [7, 11) is 4.47. The Balaban J connectivity index is 2.19. The molecule has 0 fully saturated rings. The summed E-state index contributed by atoms with van der Waals surface area (Å²) in [6.07, 6.45) is -0.0661. The number of halogens is 1. The molecule has 0 unspecified atom stereocenters. The summed E-state index contributed by atoms with van der Waals surface area (Å²) in [6.45, 7) is 0. The Morgan fingerprint density at radius 3 is 2.17 bits per heavy atom. The molecule has 2 aromatic rings. The number of ether oxygens (including phenoxy) is 3. The predicted octanol–water partition coefficient (Wildman–Crippen LogP) is 3.03. The van der Waals surface area contributed by atoms with Gasteiger partial charge in [-0.15, -0.1) is 0 Å². The topological polar surface area (TPSA) is 56.8 Å². The van der Waals surface area contributed by atoms with Gasteiger partial charge in [-0.25, -0.2) is 4.39 Å².